The van der Waals surface area contributed by atoms with Crippen LogP contribution >= 0.6 is 0 Å². The number of Topliss-reactive ketones (excluding diaryl/α,β-unsaturated/α-hetero) is 1. The molecule has 2 aliphatic rings. The van der Waals surface area contributed by atoms with E-state index in [9.17, 15) is 13.2 Å². The highest BCUT2D eigenvalue weighted by Gasteiger charge is 2.41. The predicted octanol–water partition coefficient (Wildman–Crippen LogP) is 3.03. The first-order valence-electron chi connectivity index (χ1n) is 12.5. The number of sulfone groups is 1. The molecule has 37 heavy (non-hydrogen) atoms. The van der Waals surface area contributed by atoms with Crippen LogP contribution in [0.4, 0.5) is 11.5 Å². The number of fused-ring (bicyclic) bond motifs is 2. The Hall–Kier alpha value is -3.76. The number of nitrogens with zero attached hydrogens (tertiary/aromatic N) is 3. The Morgan fingerprint density at radius 1 is 1.05 bits per heavy atom. The molecule has 190 valence electrons. The van der Waals surface area contributed by atoms with E-state index in [-0.39, 0.29) is 34.2 Å². The van der Waals surface area contributed by atoms with E-state index in [4.69, 9.17) is 0 Å². The third-order valence-electron chi connectivity index (χ3n) is 7.47. The molecular weight excluding hydrogens is 488 g/mol. The van der Waals surface area contributed by atoms with Crippen molar-refractivity contribution in [1.29, 1.82) is 0 Å². The topological polar surface area (TPSA) is 120 Å². The molecule has 0 aliphatic carbocycles. The van der Waals surface area contributed by atoms with Crippen molar-refractivity contribution in [3.63, 3.8) is 0 Å². The number of ketones is 1. The third-order valence-corrected chi connectivity index (χ3v) is 9.29. The van der Waals surface area contributed by atoms with Gasteiger partial charge >= 0.3 is 0 Å². The molecule has 6 rings (SSSR count). The molecule has 4 heterocycles. The molecule has 9 nitrogen and oxygen atoms in total. The van der Waals surface area contributed by atoms with Crippen molar-refractivity contribution in [1.82, 2.24) is 20.3 Å². The molecule has 3 atom stereocenters. The molecule has 0 radical (unpaired) electrons. The first kappa shape index (κ1) is 23.6. The molecule has 0 spiro atoms. The molecule has 3 unspecified atom stereocenters. The molecule has 2 aromatic carbocycles. The van der Waals surface area contributed by atoms with Crippen LogP contribution in [0.25, 0.3) is 11.0 Å². The number of para-hydroxylation sites is 1. The molecule has 0 amide bonds. The van der Waals surface area contributed by atoms with Gasteiger partial charge in [0.05, 0.1) is 33.5 Å². The Bertz CT molecular complexity index is 1540. The van der Waals surface area contributed by atoms with Crippen LogP contribution < -0.4 is 15.5 Å². The lowest BCUT2D eigenvalue weighted by atomic mass is 9.88. The van der Waals surface area contributed by atoms with Crippen molar-refractivity contribution in [3.8, 4) is 0 Å². The summed E-state index contributed by atoms with van der Waals surface area (Å²) in [6.07, 6.45) is 5.16. The lowest BCUT2D eigenvalue weighted by Gasteiger charge is -2.37. The fourth-order valence-corrected chi connectivity index (χ4v) is 7.03. The minimum atomic E-state index is -3.72. The Kier molecular flexibility index (Phi) is 6.13. The van der Waals surface area contributed by atoms with Gasteiger partial charge in [-0.15, -0.1) is 0 Å². The highest BCUT2D eigenvalue weighted by atomic mass is 32.2. The molecule has 2 saturated heterocycles. The van der Waals surface area contributed by atoms with E-state index in [0.29, 0.717) is 18.0 Å². The molecule has 4 aromatic rings. The standard InChI is InChI=1S/C27H28N6O3S/c34-24(16-30-21-8-4-5-9-25(21)37(35,36)19-6-2-1-3-7-19)22-14-23-18(15-29-22)11-13-33(23)27-20-10-12-28-26(20)31-17-32-27/h1-10,12,17-18,22-23,29-30H,11,13-16H2,(H,28,31,32). The van der Waals surface area contributed by atoms with Gasteiger partial charge in [0.2, 0.25) is 9.84 Å². The monoisotopic (exact) mass is 516 g/mol. The van der Waals surface area contributed by atoms with E-state index in [0.717, 1.165) is 36.4 Å². The number of H-pyrrole nitrogens is 1. The SMILES string of the molecule is O=C(CNc1ccccc1S(=O)(=O)c1ccccc1)C1CC2C(CCN2c2ncnc3[nH]ccc23)CN1. The third kappa shape index (κ3) is 4.36. The molecule has 0 bridgehead atoms. The summed E-state index contributed by atoms with van der Waals surface area (Å²) in [4.78, 5) is 28.0. The number of carbonyl (C=O) groups excluding carboxylic acids is 1. The summed E-state index contributed by atoms with van der Waals surface area (Å²) >= 11 is 0. The highest BCUT2D eigenvalue weighted by molar-refractivity contribution is 7.91. The van der Waals surface area contributed by atoms with Crippen LogP contribution in [0.1, 0.15) is 12.8 Å². The van der Waals surface area contributed by atoms with Gasteiger partial charge in [0.1, 0.15) is 17.8 Å². The van der Waals surface area contributed by atoms with Gasteiger partial charge in [-0.1, -0.05) is 30.3 Å². The number of piperidine rings is 1. The van der Waals surface area contributed by atoms with Crippen LogP contribution in [-0.2, 0) is 14.6 Å². The summed E-state index contributed by atoms with van der Waals surface area (Å²) in [6.45, 7) is 1.68. The predicted molar refractivity (Wildman–Crippen MR) is 141 cm³/mol. The van der Waals surface area contributed by atoms with E-state index in [1.54, 1.807) is 60.9 Å². The Morgan fingerprint density at radius 3 is 2.73 bits per heavy atom. The molecule has 2 aliphatic heterocycles. The van der Waals surface area contributed by atoms with Crippen LogP contribution in [0.2, 0.25) is 0 Å². The number of aromatic nitrogens is 3. The van der Waals surface area contributed by atoms with Crippen LogP contribution in [0, 0.1) is 5.92 Å². The Morgan fingerprint density at radius 2 is 1.86 bits per heavy atom. The summed E-state index contributed by atoms with van der Waals surface area (Å²) < 4.78 is 26.4. The van der Waals surface area contributed by atoms with Gasteiger partial charge in [-0.05, 0) is 49.1 Å². The van der Waals surface area contributed by atoms with Gasteiger partial charge in [-0.3, -0.25) is 4.79 Å². The molecule has 0 saturated carbocycles. The Balaban J connectivity index is 1.17. The summed E-state index contributed by atoms with van der Waals surface area (Å²) in [7, 11) is -3.72. The zero-order valence-corrected chi connectivity index (χ0v) is 21.0. The van der Waals surface area contributed by atoms with Crippen LogP contribution in [0.3, 0.4) is 0 Å². The van der Waals surface area contributed by atoms with Gasteiger partial charge in [0, 0.05) is 25.3 Å². The van der Waals surface area contributed by atoms with E-state index >= 15 is 0 Å². The van der Waals surface area contributed by atoms with E-state index in [1.807, 2.05) is 12.3 Å². The molecular formula is C27H28N6O3S. The second-order valence-electron chi connectivity index (χ2n) is 9.58. The van der Waals surface area contributed by atoms with Crippen molar-refractivity contribution in [3.05, 3.63) is 73.2 Å². The minimum Gasteiger partial charge on any atom is -0.377 e. The number of anilines is 2. The van der Waals surface area contributed by atoms with Gasteiger partial charge in [-0.25, -0.2) is 18.4 Å². The van der Waals surface area contributed by atoms with Gasteiger partial charge < -0.3 is 20.5 Å². The number of hydrogen-bond acceptors (Lipinski definition) is 8. The van der Waals surface area contributed by atoms with E-state index < -0.39 is 9.84 Å². The van der Waals surface area contributed by atoms with Crippen LogP contribution in [0.5, 0.6) is 0 Å². The molecule has 10 heteroatoms. The summed E-state index contributed by atoms with van der Waals surface area (Å²) in [5.74, 6) is 1.36. The van der Waals surface area contributed by atoms with Crippen molar-refractivity contribution < 1.29 is 13.2 Å². The quantitative estimate of drug-likeness (QED) is 0.343. The van der Waals surface area contributed by atoms with Crippen LogP contribution in [-0.4, -0.2) is 60.9 Å². The lowest BCUT2D eigenvalue weighted by molar-refractivity contribution is -0.120. The van der Waals surface area contributed by atoms with Crippen molar-refractivity contribution >= 4 is 38.2 Å². The number of nitrogens with one attached hydrogen (secondary N) is 3. The molecule has 3 N–H and O–H groups in total. The average Bonchev–Trinajstić information content (AvgIpc) is 3.59. The van der Waals surface area contributed by atoms with E-state index in [1.165, 1.54) is 0 Å². The van der Waals surface area contributed by atoms with Crippen molar-refractivity contribution in [2.75, 3.05) is 29.9 Å². The number of benzene rings is 2. The maximum absolute atomic E-state index is 13.3. The lowest BCUT2D eigenvalue weighted by Crippen LogP contribution is -2.53. The zero-order valence-electron chi connectivity index (χ0n) is 20.2. The van der Waals surface area contributed by atoms with Gasteiger partial charge in [0.25, 0.3) is 0 Å². The highest BCUT2D eigenvalue weighted by Crippen LogP contribution is 2.36. The van der Waals surface area contributed by atoms with Crippen molar-refractivity contribution in [2.45, 2.75) is 34.7 Å². The summed E-state index contributed by atoms with van der Waals surface area (Å²) in [6, 6.07) is 16.9. The number of hydrogen-bond donors (Lipinski definition) is 3. The first-order valence-corrected chi connectivity index (χ1v) is 13.9. The fraction of sp³-hybridized carbons (Fsp3) is 0.296. The maximum atomic E-state index is 13.3. The summed E-state index contributed by atoms with van der Waals surface area (Å²) in [5, 5.41) is 7.52. The smallest absolute Gasteiger partial charge is 0.208 e. The maximum Gasteiger partial charge on any atom is 0.208 e. The zero-order chi connectivity index (χ0) is 25.4. The average molecular weight is 517 g/mol. The minimum absolute atomic E-state index is 0.00620. The largest absolute Gasteiger partial charge is 0.377 e. The summed E-state index contributed by atoms with van der Waals surface area (Å²) in [5.41, 5.74) is 1.23. The second-order valence-corrected chi connectivity index (χ2v) is 11.5. The second kappa shape index (κ2) is 9.60. The van der Waals surface area contributed by atoms with E-state index in [2.05, 4.69) is 30.5 Å². The fourth-order valence-electron chi connectivity index (χ4n) is 5.57. The van der Waals surface area contributed by atoms with Crippen molar-refractivity contribution in [2.24, 2.45) is 5.92 Å². The molecule has 2 fully saturated rings. The van der Waals surface area contributed by atoms with Gasteiger partial charge in [0.15, 0.2) is 5.78 Å². The molecule has 2 aromatic heterocycles. The van der Waals surface area contributed by atoms with Crippen LogP contribution in [0.15, 0.2) is 83.0 Å². The number of rotatable bonds is 7. The number of carbonyl (C=O) groups is 1. The normalized spacial score (nSPS) is 21.6. The van der Waals surface area contributed by atoms with Gasteiger partial charge in [-0.2, -0.15) is 0 Å². The number of aromatic amines is 1. The Labute approximate surface area is 215 Å². The first-order chi connectivity index (χ1) is 18.0.